The largest absolute Gasteiger partial charge is 0.508 e. The van der Waals surface area contributed by atoms with Gasteiger partial charge in [0.05, 0.1) is 11.6 Å². The third-order valence-electron chi connectivity index (χ3n) is 3.70. The number of hydrogen-bond donors (Lipinski definition) is 2. The van der Waals surface area contributed by atoms with E-state index in [1.54, 1.807) is 0 Å². The van der Waals surface area contributed by atoms with Gasteiger partial charge in [0, 0.05) is 6.54 Å². The van der Waals surface area contributed by atoms with Crippen molar-refractivity contribution in [3.63, 3.8) is 0 Å². The highest BCUT2D eigenvalue weighted by Crippen LogP contribution is 2.19. The molecule has 0 aliphatic carbocycles. The highest BCUT2D eigenvalue weighted by atomic mass is 19.1. The first-order valence-corrected chi connectivity index (χ1v) is 7.38. The minimum Gasteiger partial charge on any atom is -0.508 e. The number of aromatic hydroxyl groups is 1. The van der Waals surface area contributed by atoms with Gasteiger partial charge in [-0.15, -0.1) is 0 Å². The number of hydrogen-bond acceptors (Lipinski definition) is 3. The van der Waals surface area contributed by atoms with Gasteiger partial charge in [0.15, 0.2) is 0 Å². The molecule has 0 fully saturated rings. The van der Waals surface area contributed by atoms with E-state index in [0.717, 1.165) is 23.3 Å². The van der Waals surface area contributed by atoms with Crippen molar-refractivity contribution in [2.24, 2.45) is 0 Å². The van der Waals surface area contributed by atoms with Gasteiger partial charge < -0.3 is 15.3 Å². The third kappa shape index (κ3) is 4.29. The fourth-order valence-electron chi connectivity index (χ4n) is 2.45. The average molecular weight is 316 g/mol. The lowest BCUT2D eigenvalue weighted by Crippen LogP contribution is -2.34. The molecule has 2 rings (SSSR count). The molecule has 0 spiro atoms. The molecule has 2 aromatic rings. The Balaban J connectivity index is 2.13. The molecule has 0 aromatic heterocycles. The van der Waals surface area contributed by atoms with Crippen LogP contribution in [0.25, 0.3) is 0 Å². The van der Waals surface area contributed by atoms with Crippen LogP contribution in [0.15, 0.2) is 42.5 Å². The lowest BCUT2D eigenvalue weighted by molar-refractivity contribution is 0.0937. The Morgan fingerprint density at radius 1 is 1.26 bits per heavy atom. The number of halogens is 1. The molecule has 0 heterocycles. The van der Waals surface area contributed by atoms with E-state index in [0.29, 0.717) is 6.54 Å². The Hall–Kier alpha value is -2.40. The van der Waals surface area contributed by atoms with Crippen LogP contribution in [0.4, 0.5) is 4.39 Å². The van der Waals surface area contributed by atoms with E-state index in [1.807, 2.05) is 44.1 Å². The predicted octanol–water partition coefficient (Wildman–Crippen LogP) is 2.87. The number of nitrogens with zero attached hydrogens (tertiary/aromatic N) is 1. The van der Waals surface area contributed by atoms with E-state index in [-0.39, 0.29) is 17.4 Å². The smallest absolute Gasteiger partial charge is 0.254 e. The number of carbonyl (C=O) groups excluding carboxylic acids is 1. The summed E-state index contributed by atoms with van der Waals surface area (Å²) in [6, 6.07) is 11.4. The highest BCUT2D eigenvalue weighted by Gasteiger charge is 2.18. The number of aryl methyl sites for hydroxylation is 1. The molecule has 4 nitrogen and oxygen atoms in total. The van der Waals surface area contributed by atoms with Crippen LogP contribution in [0, 0.1) is 12.7 Å². The molecule has 5 heteroatoms. The number of rotatable bonds is 5. The topological polar surface area (TPSA) is 52.6 Å². The number of phenols is 1. The first-order chi connectivity index (χ1) is 10.9. The number of nitrogens with one attached hydrogen (secondary N) is 1. The van der Waals surface area contributed by atoms with E-state index < -0.39 is 11.7 Å². The van der Waals surface area contributed by atoms with Gasteiger partial charge in [0.25, 0.3) is 5.91 Å². The van der Waals surface area contributed by atoms with Crippen molar-refractivity contribution < 1.29 is 14.3 Å². The maximum atomic E-state index is 13.7. The Kier molecular flexibility index (Phi) is 5.34. The van der Waals surface area contributed by atoms with Gasteiger partial charge in [-0.1, -0.05) is 29.8 Å². The summed E-state index contributed by atoms with van der Waals surface area (Å²) in [5.41, 5.74) is 2.05. The zero-order valence-electron chi connectivity index (χ0n) is 13.5. The molecule has 0 saturated carbocycles. The lowest BCUT2D eigenvalue weighted by Gasteiger charge is -2.25. The van der Waals surface area contributed by atoms with Gasteiger partial charge in [0.1, 0.15) is 11.6 Å². The Morgan fingerprint density at radius 3 is 2.65 bits per heavy atom. The van der Waals surface area contributed by atoms with E-state index in [4.69, 9.17) is 0 Å². The van der Waals surface area contributed by atoms with Crippen molar-refractivity contribution in [3.05, 3.63) is 65.0 Å². The summed E-state index contributed by atoms with van der Waals surface area (Å²) in [5.74, 6) is -1.34. The molecule has 2 N–H and O–H groups in total. The van der Waals surface area contributed by atoms with Gasteiger partial charge in [-0.3, -0.25) is 4.79 Å². The van der Waals surface area contributed by atoms with Crippen LogP contribution in [0.2, 0.25) is 0 Å². The van der Waals surface area contributed by atoms with Crippen LogP contribution < -0.4 is 5.32 Å². The van der Waals surface area contributed by atoms with Crippen LogP contribution in [-0.4, -0.2) is 36.6 Å². The van der Waals surface area contributed by atoms with E-state index in [1.165, 1.54) is 6.07 Å². The van der Waals surface area contributed by atoms with E-state index >= 15 is 0 Å². The van der Waals surface area contributed by atoms with Gasteiger partial charge in [-0.05, 0) is 44.8 Å². The van der Waals surface area contributed by atoms with Crippen molar-refractivity contribution in [3.8, 4) is 5.75 Å². The Labute approximate surface area is 135 Å². The van der Waals surface area contributed by atoms with Crippen LogP contribution in [-0.2, 0) is 0 Å². The van der Waals surface area contributed by atoms with Crippen molar-refractivity contribution in [1.82, 2.24) is 10.2 Å². The molecule has 1 amide bonds. The summed E-state index contributed by atoms with van der Waals surface area (Å²) < 4.78 is 13.7. The lowest BCUT2D eigenvalue weighted by atomic mass is 10.0. The Bertz CT molecular complexity index is 701. The molecular formula is C18H21FN2O2. The third-order valence-corrected chi connectivity index (χ3v) is 3.70. The van der Waals surface area contributed by atoms with Crippen molar-refractivity contribution in [1.29, 1.82) is 0 Å². The quantitative estimate of drug-likeness (QED) is 0.892. The van der Waals surface area contributed by atoms with Crippen LogP contribution in [0.5, 0.6) is 5.75 Å². The molecule has 122 valence electrons. The number of likely N-dealkylation sites (N-methyl/N-ethyl adjacent to an activating group) is 1. The molecule has 0 bridgehead atoms. The van der Waals surface area contributed by atoms with Gasteiger partial charge in [-0.25, -0.2) is 4.39 Å². The van der Waals surface area contributed by atoms with E-state index in [9.17, 15) is 14.3 Å². The summed E-state index contributed by atoms with van der Waals surface area (Å²) in [6.07, 6.45) is 0. The highest BCUT2D eigenvalue weighted by molar-refractivity contribution is 5.94. The van der Waals surface area contributed by atoms with Gasteiger partial charge in [0.2, 0.25) is 0 Å². The van der Waals surface area contributed by atoms with Crippen molar-refractivity contribution >= 4 is 5.91 Å². The predicted molar refractivity (Wildman–Crippen MR) is 88.0 cm³/mol. The summed E-state index contributed by atoms with van der Waals surface area (Å²) in [5, 5.41) is 12.1. The van der Waals surface area contributed by atoms with Gasteiger partial charge in [-0.2, -0.15) is 0 Å². The number of benzene rings is 2. The molecule has 0 aliphatic rings. The summed E-state index contributed by atoms with van der Waals surface area (Å²) in [6.45, 7) is 2.35. The molecule has 2 aromatic carbocycles. The zero-order chi connectivity index (χ0) is 17.0. The number of phenolic OH excluding ortho intramolecular Hbond substituents is 1. The first-order valence-electron chi connectivity index (χ1n) is 7.38. The van der Waals surface area contributed by atoms with Crippen LogP contribution >= 0.6 is 0 Å². The maximum absolute atomic E-state index is 13.7. The zero-order valence-corrected chi connectivity index (χ0v) is 13.5. The molecular weight excluding hydrogens is 295 g/mol. The fourth-order valence-corrected chi connectivity index (χ4v) is 2.45. The second kappa shape index (κ2) is 7.24. The maximum Gasteiger partial charge on any atom is 0.254 e. The molecule has 23 heavy (non-hydrogen) atoms. The first kappa shape index (κ1) is 17.0. The fraction of sp³-hybridized carbons (Fsp3) is 0.278. The van der Waals surface area contributed by atoms with Crippen molar-refractivity contribution in [2.45, 2.75) is 13.0 Å². The van der Waals surface area contributed by atoms with Crippen LogP contribution in [0.1, 0.15) is 27.5 Å². The van der Waals surface area contributed by atoms with E-state index in [2.05, 4.69) is 11.4 Å². The monoisotopic (exact) mass is 316 g/mol. The normalized spacial score (nSPS) is 12.2. The second-order valence-electron chi connectivity index (χ2n) is 5.77. The SMILES string of the molecule is Cc1cccc([C@@H](CNC(=O)c2cc(O)ccc2F)N(C)C)c1. The summed E-state index contributed by atoms with van der Waals surface area (Å²) in [7, 11) is 3.85. The standard InChI is InChI=1S/C18H21FN2O2/c1-12-5-4-6-13(9-12)17(21(2)3)11-20-18(23)15-10-14(22)7-8-16(15)19/h4-10,17,22H,11H2,1-3H3,(H,20,23)/t17-/m1/s1. The molecule has 0 unspecified atom stereocenters. The minimum atomic E-state index is -0.655. The number of carbonyl (C=O) groups is 1. The average Bonchev–Trinajstić information content (AvgIpc) is 2.49. The second-order valence-corrected chi connectivity index (χ2v) is 5.77. The van der Waals surface area contributed by atoms with Gasteiger partial charge >= 0.3 is 0 Å². The minimum absolute atomic E-state index is 0.0285. The number of amides is 1. The molecule has 0 aliphatic heterocycles. The molecule has 1 atom stereocenters. The summed E-state index contributed by atoms with van der Waals surface area (Å²) >= 11 is 0. The molecule has 0 radical (unpaired) electrons. The summed E-state index contributed by atoms with van der Waals surface area (Å²) in [4.78, 5) is 14.2. The molecule has 0 saturated heterocycles. The Morgan fingerprint density at radius 2 is 2.00 bits per heavy atom. The van der Waals surface area contributed by atoms with Crippen molar-refractivity contribution in [2.75, 3.05) is 20.6 Å². The van der Waals surface area contributed by atoms with Crippen LogP contribution in [0.3, 0.4) is 0 Å².